The normalized spacial score (nSPS) is 13.5. The molecule has 0 aliphatic heterocycles. The molecule has 0 fully saturated rings. The Hall–Kier alpha value is -0.550. The molecule has 64 valence electrons. The Labute approximate surface area is 70.6 Å². The van der Waals surface area contributed by atoms with Gasteiger partial charge in [-0.15, -0.1) is 0 Å². The number of esters is 1. The Morgan fingerprint density at radius 3 is 2.91 bits per heavy atom. The fourth-order valence-electron chi connectivity index (χ4n) is 0.491. The minimum atomic E-state index is -0.780. The Morgan fingerprint density at radius 2 is 2.45 bits per heavy atom. The van der Waals surface area contributed by atoms with Crippen LogP contribution in [0.4, 0.5) is 0 Å². The van der Waals surface area contributed by atoms with Crippen LogP contribution in [-0.4, -0.2) is 29.2 Å². The van der Waals surface area contributed by atoms with E-state index in [1.165, 1.54) is 14.0 Å². The van der Waals surface area contributed by atoms with Crippen LogP contribution in [0.25, 0.3) is 1.43 Å². The van der Waals surface area contributed by atoms with Crippen LogP contribution in [0.2, 0.25) is 0 Å². The molecule has 5 heteroatoms. The number of Topliss-reactive ketones (excluding diaryl/α,β-unsaturated/α-hetero) is 1. The van der Waals surface area contributed by atoms with Crippen molar-refractivity contribution < 1.29 is 18.9 Å². The lowest BCUT2D eigenvalue weighted by molar-refractivity contribution is -0.148. The minimum absolute atomic E-state index is 0.0141. The largest absolute Gasteiger partial charge is 0.468 e. The van der Waals surface area contributed by atoms with Crippen molar-refractivity contribution in [2.75, 3.05) is 12.9 Å². The van der Waals surface area contributed by atoms with Crippen molar-refractivity contribution in [3.8, 4) is 0 Å². The van der Waals surface area contributed by atoms with Crippen molar-refractivity contribution in [3.05, 3.63) is 0 Å². The lowest BCUT2D eigenvalue weighted by Crippen LogP contribution is -2.23. The maximum absolute atomic E-state index is 11.0. The summed E-state index contributed by atoms with van der Waals surface area (Å²) in [4.78, 5) is 21.8. The molecule has 11 heavy (non-hydrogen) atoms. The second-order valence-corrected chi connectivity index (χ2v) is 2.50. The standard InChI is InChI=1S/C6H10O4S/c1-4(6(8)10-2)5(7)3-11-9/h4,9H,3H2,1-2H3/i/hD. The lowest BCUT2D eigenvalue weighted by Gasteiger charge is -2.05. The SMILES string of the molecule is [2H]OSCC(=O)C(C)C(=O)OC. The molecular formula is C6H10O4S. The molecule has 0 aromatic rings. The maximum Gasteiger partial charge on any atom is 0.315 e. The average molecular weight is 179 g/mol. The van der Waals surface area contributed by atoms with Crippen molar-refractivity contribution in [2.45, 2.75) is 6.92 Å². The Balaban J connectivity index is 3.84. The Bertz CT molecular complexity index is 173. The van der Waals surface area contributed by atoms with E-state index in [1.807, 2.05) is 0 Å². The van der Waals surface area contributed by atoms with Gasteiger partial charge in [-0.25, -0.2) is 0 Å². The van der Waals surface area contributed by atoms with E-state index < -0.39 is 11.9 Å². The number of hydrogen-bond donors (Lipinski definition) is 1. The third-order valence-corrected chi connectivity index (χ3v) is 1.64. The summed E-state index contributed by atoms with van der Waals surface area (Å²) in [5, 5.41) is 0. The molecule has 0 spiro atoms. The molecular weight excluding hydrogens is 168 g/mol. The van der Waals surface area contributed by atoms with E-state index in [4.69, 9.17) is 1.43 Å². The summed E-state index contributed by atoms with van der Waals surface area (Å²) < 4.78 is 14.5. The maximum atomic E-state index is 11.0. The van der Waals surface area contributed by atoms with Crippen LogP contribution in [0.3, 0.4) is 0 Å². The second kappa shape index (κ2) is 5.15. The molecule has 0 amide bonds. The highest BCUT2D eigenvalue weighted by Gasteiger charge is 2.21. The molecule has 0 aromatic carbocycles. The molecule has 0 heterocycles. The van der Waals surface area contributed by atoms with Gasteiger partial charge in [-0.05, 0) is 19.0 Å². The summed E-state index contributed by atoms with van der Waals surface area (Å²) in [7, 11) is 1.22. The monoisotopic (exact) mass is 179 g/mol. The predicted octanol–water partition coefficient (Wildman–Crippen LogP) is 0.571. The van der Waals surface area contributed by atoms with Crippen LogP contribution in [0.1, 0.15) is 6.92 Å². The Kier molecular flexibility index (Phi) is 4.00. The van der Waals surface area contributed by atoms with E-state index in [0.29, 0.717) is 12.0 Å². The third-order valence-electron chi connectivity index (χ3n) is 1.24. The van der Waals surface area contributed by atoms with Crippen molar-refractivity contribution in [2.24, 2.45) is 5.92 Å². The van der Waals surface area contributed by atoms with Gasteiger partial charge in [0.1, 0.15) is 5.92 Å². The predicted molar refractivity (Wildman–Crippen MR) is 41.3 cm³/mol. The summed E-state index contributed by atoms with van der Waals surface area (Å²) in [6.45, 7) is 1.46. The summed E-state index contributed by atoms with van der Waals surface area (Å²) in [5.41, 5.74) is 0. The molecule has 0 saturated heterocycles. The zero-order valence-corrected chi connectivity index (χ0v) is 7.14. The number of ketones is 1. The summed E-state index contributed by atoms with van der Waals surface area (Å²) >= 11 is 0.682. The van der Waals surface area contributed by atoms with Crippen LogP contribution >= 0.6 is 12.0 Å². The van der Waals surface area contributed by atoms with Crippen LogP contribution < -0.4 is 0 Å². The van der Waals surface area contributed by atoms with Crippen LogP contribution in [0, 0.1) is 5.92 Å². The number of rotatable bonds is 5. The quantitative estimate of drug-likeness (QED) is 0.380. The molecule has 0 rings (SSSR count). The highest BCUT2D eigenvalue weighted by Crippen LogP contribution is 2.03. The van der Waals surface area contributed by atoms with E-state index >= 15 is 0 Å². The van der Waals surface area contributed by atoms with Gasteiger partial charge in [0.05, 0.1) is 12.9 Å². The van der Waals surface area contributed by atoms with E-state index in [1.54, 1.807) is 0 Å². The first-order valence-corrected chi connectivity index (χ1v) is 3.89. The van der Waals surface area contributed by atoms with Gasteiger partial charge in [0.25, 0.3) is 0 Å². The fraction of sp³-hybridized carbons (Fsp3) is 0.667. The van der Waals surface area contributed by atoms with Gasteiger partial charge < -0.3 is 9.29 Å². The molecule has 0 radical (unpaired) electrons. The van der Waals surface area contributed by atoms with Gasteiger partial charge in [-0.2, -0.15) is 0 Å². The van der Waals surface area contributed by atoms with E-state index in [9.17, 15) is 9.59 Å². The first-order chi connectivity index (χ1) is 5.63. The highest BCUT2D eigenvalue weighted by atomic mass is 32.2. The molecule has 4 nitrogen and oxygen atoms in total. The molecule has 0 aliphatic carbocycles. The molecule has 1 N–H and O–H groups in total. The molecule has 0 bridgehead atoms. The smallest absolute Gasteiger partial charge is 0.315 e. The zero-order valence-electron chi connectivity index (χ0n) is 7.33. The molecule has 0 aromatic heterocycles. The third kappa shape index (κ3) is 3.38. The van der Waals surface area contributed by atoms with Gasteiger partial charge in [0.2, 0.25) is 1.43 Å². The minimum Gasteiger partial charge on any atom is -0.468 e. The van der Waals surface area contributed by atoms with Crippen LogP contribution in [0.5, 0.6) is 0 Å². The summed E-state index contributed by atoms with van der Waals surface area (Å²) in [6, 6.07) is 0. The number of ether oxygens (including phenoxy) is 1. The average Bonchev–Trinajstić information content (AvgIpc) is 2.11. The van der Waals surface area contributed by atoms with Crippen LogP contribution in [-0.2, 0) is 14.3 Å². The molecule has 0 aliphatic rings. The first kappa shape index (κ1) is 8.55. The summed E-state index contributed by atoms with van der Waals surface area (Å²) in [6.07, 6.45) is 0. The first-order valence-electron chi connectivity index (χ1n) is 3.39. The van der Waals surface area contributed by atoms with Gasteiger partial charge >= 0.3 is 5.97 Å². The number of carbonyl (C=O) groups is 2. The molecule has 1 atom stereocenters. The van der Waals surface area contributed by atoms with Crippen molar-refractivity contribution in [1.29, 1.82) is 1.43 Å². The number of carbonyl (C=O) groups excluding carboxylic acids is 2. The van der Waals surface area contributed by atoms with Gasteiger partial charge in [-0.1, -0.05) is 0 Å². The molecule has 0 saturated carbocycles. The zero-order chi connectivity index (χ0) is 9.56. The number of methoxy groups -OCH3 is 1. The topological polar surface area (TPSA) is 63.6 Å². The van der Waals surface area contributed by atoms with Crippen LogP contribution in [0.15, 0.2) is 0 Å². The molecule has 1 unspecified atom stereocenters. The second-order valence-electron chi connectivity index (χ2n) is 1.97. The van der Waals surface area contributed by atoms with Crippen molar-refractivity contribution in [1.82, 2.24) is 0 Å². The fourth-order valence-corrected chi connectivity index (χ4v) is 0.857. The van der Waals surface area contributed by atoms with E-state index in [0.717, 1.165) is 0 Å². The van der Waals surface area contributed by atoms with Gasteiger partial charge in [0, 0.05) is 0 Å². The van der Waals surface area contributed by atoms with E-state index in [2.05, 4.69) is 9.29 Å². The van der Waals surface area contributed by atoms with Gasteiger partial charge in [-0.3, -0.25) is 9.59 Å². The Morgan fingerprint density at radius 1 is 1.82 bits per heavy atom. The van der Waals surface area contributed by atoms with Gasteiger partial charge in [0.15, 0.2) is 5.78 Å². The van der Waals surface area contributed by atoms with Crippen molar-refractivity contribution in [3.63, 3.8) is 0 Å². The lowest BCUT2D eigenvalue weighted by atomic mass is 10.1. The number of hydrogen-bond acceptors (Lipinski definition) is 5. The van der Waals surface area contributed by atoms with E-state index in [-0.39, 0.29) is 11.5 Å². The highest BCUT2D eigenvalue weighted by molar-refractivity contribution is 7.94. The summed E-state index contributed by atoms with van der Waals surface area (Å²) in [5.74, 6) is -1.66. The van der Waals surface area contributed by atoms with Crippen molar-refractivity contribution >= 4 is 23.8 Å².